The molecular weight excluding hydrogens is 186 g/mol. The first-order valence-electron chi connectivity index (χ1n) is 4.72. The summed E-state index contributed by atoms with van der Waals surface area (Å²) in [6.07, 6.45) is 1.02. The van der Waals surface area contributed by atoms with Crippen LogP contribution in [0.5, 0.6) is 0 Å². The summed E-state index contributed by atoms with van der Waals surface area (Å²) in [5.41, 5.74) is 0. The maximum atomic E-state index is 11.4. The predicted molar refractivity (Wildman–Crippen MR) is 48.8 cm³/mol. The van der Waals surface area contributed by atoms with Crippen molar-refractivity contribution in [3.05, 3.63) is 0 Å². The van der Waals surface area contributed by atoms with E-state index < -0.39 is 12.1 Å². The van der Waals surface area contributed by atoms with Gasteiger partial charge in [-0.05, 0) is 19.8 Å². The molecule has 0 saturated carbocycles. The van der Waals surface area contributed by atoms with E-state index in [2.05, 4.69) is 4.74 Å². The lowest BCUT2D eigenvalue weighted by Crippen LogP contribution is -2.41. The molecule has 1 amide bonds. The second kappa shape index (κ2) is 4.83. The van der Waals surface area contributed by atoms with Gasteiger partial charge < -0.3 is 9.47 Å². The molecule has 0 aromatic rings. The van der Waals surface area contributed by atoms with Crippen molar-refractivity contribution >= 4 is 12.1 Å². The van der Waals surface area contributed by atoms with Gasteiger partial charge in [-0.2, -0.15) is 0 Å². The van der Waals surface area contributed by atoms with Crippen molar-refractivity contribution in [2.24, 2.45) is 0 Å². The van der Waals surface area contributed by atoms with Gasteiger partial charge in [-0.15, -0.1) is 0 Å². The van der Waals surface area contributed by atoms with Crippen LogP contribution in [-0.2, 0) is 14.3 Å². The molecule has 0 N–H and O–H groups in total. The molecule has 1 saturated heterocycles. The SMILES string of the molecule is CCOC(=O)C1CCCN1C(=O)OC. The summed E-state index contributed by atoms with van der Waals surface area (Å²) in [4.78, 5) is 24.0. The molecule has 14 heavy (non-hydrogen) atoms. The van der Waals surface area contributed by atoms with Gasteiger partial charge in [0.05, 0.1) is 13.7 Å². The Bertz CT molecular complexity index is 229. The molecular formula is C9H15NO4. The van der Waals surface area contributed by atoms with E-state index in [1.807, 2.05) is 0 Å². The Kier molecular flexibility index (Phi) is 3.73. The van der Waals surface area contributed by atoms with Gasteiger partial charge in [-0.3, -0.25) is 4.90 Å². The van der Waals surface area contributed by atoms with E-state index in [4.69, 9.17) is 4.74 Å². The number of rotatable bonds is 2. The lowest BCUT2D eigenvalue weighted by Gasteiger charge is -2.21. The molecule has 1 rings (SSSR count). The minimum Gasteiger partial charge on any atom is -0.464 e. The second-order valence-corrected chi connectivity index (χ2v) is 3.07. The van der Waals surface area contributed by atoms with Crippen LogP contribution in [0.15, 0.2) is 0 Å². The van der Waals surface area contributed by atoms with Crippen molar-refractivity contribution in [3.8, 4) is 0 Å². The molecule has 0 spiro atoms. The van der Waals surface area contributed by atoms with Crippen molar-refractivity contribution in [2.75, 3.05) is 20.3 Å². The molecule has 0 bridgehead atoms. The third-order valence-corrected chi connectivity index (χ3v) is 2.22. The molecule has 80 valence electrons. The third kappa shape index (κ3) is 2.16. The number of ether oxygens (including phenoxy) is 2. The fraction of sp³-hybridized carbons (Fsp3) is 0.778. The first kappa shape index (κ1) is 10.8. The summed E-state index contributed by atoms with van der Waals surface area (Å²) >= 11 is 0. The van der Waals surface area contributed by atoms with Gasteiger partial charge >= 0.3 is 12.1 Å². The number of esters is 1. The maximum absolute atomic E-state index is 11.4. The Hall–Kier alpha value is -1.26. The molecule has 0 aromatic carbocycles. The van der Waals surface area contributed by atoms with E-state index >= 15 is 0 Å². The number of hydrogen-bond acceptors (Lipinski definition) is 4. The highest BCUT2D eigenvalue weighted by molar-refractivity contribution is 5.82. The maximum Gasteiger partial charge on any atom is 0.410 e. The van der Waals surface area contributed by atoms with Gasteiger partial charge in [-0.25, -0.2) is 9.59 Å². The second-order valence-electron chi connectivity index (χ2n) is 3.07. The molecule has 1 aliphatic rings. The summed E-state index contributed by atoms with van der Waals surface area (Å²) in [5, 5.41) is 0. The van der Waals surface area contributed by atoms with E-state index in [-0.39, 0.29) is 5.97 Å². The number of carbonyl (C=O) groups excluding carboxylic acids is 2. The number of amides is 1. The summed E-state index contributed by atoms with van der Waals surface area (Å²) in [5.74, 6) is -0.338. The highest BCUT2D eigenvalue weighted by Gasteiger charge is 2.35. The van der Waals surface area contributed by atoms with Crippen LogP contribution in [0.4, 0.5) is 4.79 Å². The Morgan fingerprint density at radius 1 is 1.50 bits per heavy atom. The van der Waals surface area contributed by atoms with E-state index in [9.17, 15) is 9.59 Å². The smallest absolute Gasteiger partial charge is 0.410 e. The zero-order valence-corrected chi connectivity index (χ0v) is 8.49. The lowest BCUT2D eigenvalue weighted by atomic mass is 10.2. The van der Waals surface area contributed by atoms with E-state index in [1.54, 1.807) is 6.92 Å². The molecule has 5 nitrogen and oxygen atoms in total. The van der Waals surface area contributed by atoms with Gasteiger partial charge in [-0.1, -0.05) is 0 Å². The highest BCUT2D eigenvalue weighted by Crippen LogP contribution is 2.19. The van der Waals surface area contributed by atoms with Crippen LogP contribution in [-0.4, -0.2) is 43.3 Å². The Morgan fingerprint density at radius 3 is 2.79 bits per heavy atom. The van der Waals surface area contributed by atoms with Crippen molar-refractivity contribution in [3.63, 3.8) is 0 Å². The molecule has 5 heteroatoms. The zero-order valence-electron chi connectivity index (χ0n) is 8.49. The number of carbonyl (C=O) groups is 2. The number of hydrogen-bond donors (Lipinski definition) is 0. The van der Waals surface area contributed by atoms with Crippen molar-refractivity contribution in [2.45, 2.75) is 25.8 Å². The first-order valence-corrected chi connectivity index (χ1v) is 4.72. The topological polar surface area (TPSA) is 55.8 Å². The van der Waals surface area contributed by atoms with Gasteiger partial charge in [0.1, 0.15) is 6.04 Å². The van der Waals surface area contributed by atoms with Crippen molar-refractivity contribution in [1.29, 1.82) is 0 Å². The van der Waals surface area contributed by atoms with Crippen molar-refractivity contribution in [1.82, 2.24) is 4.90 Å². The van der Waals surface area contributed by atoms with Crippen LogP contribution < -0.4 is 0 Å². The predicted octanol–water partition coefficient (Wildman–Crippen LogP) is 0.780. The summed E-state index contributed by atoms with van der Waals surface area (Å²) < 4.78 is 9.43. The van der Waals surface area contributed by atoms with Gasteiger partial charge in [0.15, 0.2) is 0 Å². The summed E-state index contributed by atoms with van der Waals surface area (Å²) in [6.45, 7) is 2.65. The quantitative estimate of drug-likeness (QED) is 0.619. The number of nitrogens with zero attached hydrogens (tertiary/aromatic N) is 1. The average Bonchev–Trinajstić information content (AvgIpc) is 2.65. The summed E-state index contributed by atoms with van der Waals surface area (Å²) in [6, 6.07) is -0.456. The molecule has 0 aliphatic carbocycles. The highest BCUT2D eigenvalue weighted by atomic mass is 16.6. The van der Waals surface area contributed by atoms with Crippen molar-refractivity contribution < 1.29 is 19.1 Å². The van der Waals surface area contributed by atoms with Crippen LogP contribution in [0.3, 0.4) is 0 Å². The Balaban J connectivity index is 2.59. The Labute approximate surface area is 83.0 Å². The largest absolute Gasteiger partial charge is 0.464 e. The molecule has 1 unspecified atom stereocenters. The van der Waals surface area contributed by atoms with E-state index in [1.165, 1.54) is 12.0 Å². The van der Waals surface area contributed by atoms with E-state index in [0.717, 1.165) is 6.42 Å². The van der Waals surface area contributed by atoms with Crippen LogP contribution >= 0.6 is 0 Å². The van der Waals surface area contributed by atoms with Gasteiger partial charge in [0.25, 0.3) is 0 Å². The van der Waals surface area contributed by atoms with Crippen LogP contribution in [0.1, 0.15) is 19.8 Å². The lowest BCUT2D eigenvalue weighted by molar-refractivity contribution is -0.147. The summed E-state index contributed by atoms with van der Waals surface area (Å²) in [7, 11) is 1.31. The van der Waals surface area contributed by atoms with Gasteiger partial charge in [0.2, 0.25) is 0 Å². The van der Waals surface area contributed by atoms with Crippen LogP contribution in [0, 0.1) is 0 Å². The van der Waals surface area contributed by atoms with Gasteiger partial charge in [0, 0.05) is 6.54 Å². The van der Waals surface area contributed by atoms with Crippen LogP contribution in [0.2, 0.25) is 0 Å². The number of likely N-dealkylation sites (tertiary alicyclic amines) is 1. The fourth-order valence-electron chi connectivity index (χ4n) is 1.59. The standard InChI is InChI=1S/C9H15NO4/c1-3-14-8(11)7-5-4-6-10(7)9(12)13-2/h7H,3-6H2,1-2H3. The minimum absolute atomic E-state index is 0.338. The monoisotopic (exact) mass is 201 g/mol. The number of methoxy groups -OCH3 is 1. The normalized spacial score (nSPS) is 20.7. The average molecular weight is 201 g/mol. The zero-order chi connectivity index (χ0) is 10.6. The first-order chi connectivity index (χ1) is 6.70. The van der Waals surface area contributed by atoms with E-state index in [0.29, 0.717) is 19.6 Å². The molecule has 1 fully saturated rings. The van der Waals surface area contributed by atoms with Crippen LogP contribution in [0.25, 0.3) is 0 Å². The molecule has 0 aromatic heterocycles. The molecule has 1 aliphatic heterocycles. The minimum atomic E-state index is -0.458. The molecule has 1 heterocycles. The fourth-order valence-corrected chi connectivity index (χ4v) is 1.59. The third-order valence-electron chi connectivity index (χ3n) is 2.22. The molecule has 1 atom stereocenters. The Morgan fingerprint density at radius 2 is 2.21 bits per heavy atom. The molecule has 0 radical (unpaired) electrons.